The second kappa shape index (κ2) is 12.2. The van der Waals surface area contributed by atoms with Crippen molar-refractivity contribution < 1.29 is 17.9 Å². The van der Waals surface area contributed by atoms with Crippen LogP contribution in [0.1, 0.15) is 53.4 Å². The van der Waals surface area contributed by atoms with Crippen LogP contribution in [-0.2, 0) is 27.6 Å². The number of ether oxygens (including phenoxy) is 1. The zero-order chi connectivity index (χ0) is 26.4. The number of benzene rings is 1. The fourth-order valence-corrected chi connectivity index (χ4v) is 6.64. The predicted molar refractivity (Wildman–Crippen MR) is 150 cm³/mol. The van der Waals surface area contributed by atoms with Gasteiger partial charge in [0, 0.05) is 10.6 Å². The van der Waals surface area contributed by atoms with Crippen LogP contribution in [0.5, 0.6) is 0 Å². The maximum absolute atomic E-state index is 12.8. The van der Waals surface area contributed by atoms with Gasteiger partial charge in [0.15, 0.2) is 16.1 Å². The van der Waals surface area contributed by atoms with Crippen molar-refractivity contribution in [1.82, 2.24) is 10.2 Å². The summed E-state index contributed by atoms with van der Waals surface area (Å²) >= 11 is 12.7. The molecule has 0 unspecified atom stereocenters. The van der Waals surface area contributed by atoms with E-state index in [9.17, 15) is 13.2 Å². The SMILES string of the molecule is CCOC(=O)c1c(NC(=S)Nc2ccc(S(=O)(=O)Nc3ccc(Cl)nn3)cc2)sc2c1CCCCCC2. The highest BCUT2D eigenvalue weighted by Gasteiger charge is 2.26. The summed E-state index contributed by atoms with van der Waals surface area (Å²) in [5.41, 5.74) is 2.20. The number of nitrogens with zero attached hydrogens (tertiary/aromatic N) is 2. The molecule has 0 bridgehead atoms. The van der Waals surface area contributed by atoms with Gasteiger partial charge in [0.1, 0.15) is 5.00 Å². The van der Waals surface area contributed by atoms with Crippen LogP contribution in [0.4, 0.5) is 16.5 Å². The Bertz CT molecular complexity index is 1380. The molecule has 0 saturated carbocycles. The van der Waals surface area contributed by atoms with Crippen LogP contribution in [0.3, 0.4) is 0 Å². The molecule has 0 atom stereocenters. The number of hydrogen-bond donors (Lipinski definition) is 3. The van der Waals surface area contributed by atoms with Crippen molar-refractivity contribution in [2.24, 2.45) is 0 Å². The second-order valence-electron chi connectivity index (χ2n) is 8.29. The molecular weight excluding hydrogens is 554 g/mol. The highest BCUT2D eigenvalue weighted by Crippen LogP contribution is 2.37. The summed E-state index contributed by atoms with van der Waals surface area (Å²) in [5.74, 6) is -0.294. The first-order valence-corrected chi connectivity index (χ1v) is 14.9. The molecular formula is C24H26ClN5O4S3. The lowest BCUT2D eigenvalue weighted by Gasteiger charge is -2.13. The Hall–Kier alpha value is -2.80. The fourth-order valence-electron chi connectivity index (χ4n) is 3.98. The quantitative estimate of drug-likeness (QED) is 0.241. The van der Waals surface area contributed by atoms with Crippen molar-refractivity contribution >= 4 is 72.8 Å². The van der Waals surface area contributed by atoms with Gasteiger partial charge in [-0.2, -0.15) is 0 Å². The number of thiocarbonyl (C=S) groups is 1. The summed E-state index contributed by atoms with van der Waals surface area (Å²) in [4.78, 5) is 14.1. The molecule has 1 aliphatic carbocycles. The number of sulfonamides is 1. The van der Waals surface area contributed by atoms with Gasteiger partial charge in [-0.15, -0.1) is 21.5 Å². The number of nitrogens with one attached hydrogen (secondary N) is 3. The molecule has 2 heterocycles. The highest BCUT2D eigenvalue weighted by atomic mass is 35.5. The Morgan fingerprint density at radius 3 is 2.46 bits per heavy atom. The van der Waals surface area contributed by atoms with Crippen LogP contribution >= 0.6 is 35.2 Å². The van der Waals surface area contributed by atoms with Crippen LogP contribution in [0.15, 0.2) is 41.3 Å². The predicted octanol–water partition coefficient (Wildman–Crippen LogP) is 5.64. The van der Waals surface area contributed by atoms with Crippen LogP contribution in [0.2, 0.25) is 5.15 Å². The van der Waals surface area contributed by atoms with Gasteiger partial charge in [-0.05, 0) is 86.8 Å². The van der Waals surface area contributed by atoms with Gasteiger partial charge in [0.05, 0.1) is 17.1 Å². The number of halogens is 1. The van der Waals surface area contributed by atoms with E-state index in [-0.39, 0.29) is 26.9 Å². The first-order valence-electron chi connectivity index (χ1n) is 11.8. The smallest absolute Gasteiger partial charge is 0.341 e. The molecule has 196 valence electrons. The maximum atomic E-state index is 12.8. The minimum absolute atomic E-state index is 0.0383. The Morgan fingerprint density at radius 2 is 1.78 bits per heavy atom. The largest absolute Gasteiger partial charge is 0.462 e. The zero-order valence-corrected chi connectivity index (χ0v) is 23.2. The maximum Gasteiger partial charge on any atom is 0.341 e. The first kappa shape index (κ1) is 27.2. The van der Waals surface area contributed by atoms with E-state index in [0.29, 0.717) is 22.9 Å². The van der Waals surface area contributed by atoms with E-state index in [1.54, 1.807) is 19.1 Å². The number of hydrogen-bond acceptors (Lipinski definition) is 8. The third kappa shape index (κ3) is 6.95. The molecule has 0 saturated heterocycles. The van der Waals surface area contributed by atoms with Crippen LogP contribution < -0.4 is 15.4 Å². The molecule has 3 aromatic rings. The average molecular weight is 580 g/mol. The molecule has 9 nitrogen and oxygen atoms in total. The number of thiophene rings is 1. The Balaban J connectivity index is 1.47. The van der Waals surface area contributed by atoms with Crippen molar-refractivity contribution in [3.63, 3.8) is 0 Å². The summed E-state index contributed by atoms with van der Waals surface area (Å²) in [6.45, 7) is 2.08. The molecule has 13 heteroatoms. The van der Waals surface area contributed by atoms with E-state index in [0.717, 1.165) is 37.7 Å². The normalized spacial score (nSPS) is 13.6. The van der Waals surface area contributed by atoms with Gasteiger partial charge in [0.25, 0.3) is 10.0 Å². The van der Waals surface area contributed by atoms with Gasteiger partial charge >= 0.3 is 5.97 Å². The molecule has 3 N–H and O–H groups in total. The number of carbonyl (C=O) groups excluding carboxylic acids is 1. The number of carbonyl (C=O) groups is 1. The third-order valence-corrected chi connectivity index (χ3v) is 8.65. The van der Waals surface area contributed by atoms with Crippen molar-refractivity contribution in [3.05, 3.63) is 57.6 Å². The minimum Gasteiger partial charge on any atom is -0.462 e. The van der Waals surface area contributed by atoms with E-state index in [1.807, 2.05) is 0 Å². The van der Waals surface area contributed by atoms with E-state index >= 15 is 0 Å². The zero-order valence-electron chi connectivity index (χ0n) is 20.0. The number of anilines is 3. The molecule has 2 aromatic heterocycles. The summed E-state index contributed by atoms with van der Waals surface area (Å²) in [5, 5.41) is 14.6. The Kier molecular flexibility index (Phi) is 8.95. The van der Waals surface area contributed by atoms with Crippen molar-refractivity contribution in [2.75, 3.05) is 22.0 Å². The molecule has 0 radical (unpaired) electrons. The van der Waals surface area contributed by atoms with Crippen LogP contribution in [-0.4, -0.2) is 36.3 Å². The molecule has 1 aliphatic rings. The van der Waals surface area contributed by atoms with Gasteiger partial charge in [-0.3, -0.25) is 4.72 Å². The van der Waals surface area contributed by atoms with Gasteiger partial charge in [0.2, 0.25) is 0 Å². The molecule has 0 spiro atoms. The lowest BCUT2D eigenvalue weighted by atomic mass is 9.96. The van der Waals surface area contributed by atoms with E-state index in [4.69, 9.17) is 28.6 Å². The second-order valence-corrected chi connectivity index (χ2v) is 11.9. The monoisotopic (exact) mass is 579 g/mol. The summed E-state index contributed by atoms with van der Waals surface area (Å²) in [6, 6.07) is 8.93. The minimum atomic E-state index is -3.87. The number of aryl methyl sites for hydroxylation is 1. The average Bonchev–Trinajstić information content (AvgIpc) is 3.16. The van der Waals surface area contributed by atoms with Crippen molar-refractivity contribution in [3.8, 4) is 0 Å². The van der Waals surface area contributed by atoms with E-state index in [1.165, 1.54) is 46.9 Å². The highest BCUT2D eigenvalue weighted by molar-refractivity contribution is 7.92. The molecule has 37 heavy (non-hydrogen) atoms. The number of fused-ring (bicyclic) bond motifs is 1. The topological polar surface area (TPSA) is 122 Å². The van der Waals surface area contributed by atoms with E-state index in [2.05, 4.69) is 25.6 Å². The molecule has 4 rings (SSSR count). The fraction of sp³-hybridized carbons (Fsp3) is 0.333. The summed E-state index contributed by atoms with van der Waals surface area (Å²) < 4.78 is 33.0. The molecule has 1 aromatic carbocycles. The first-order chi connectivity index (χ1) is 17.8. The van der Waals surface area contributed by atoms with Gasteiger partial charge in [-0.1, -0.05) is 24.4 Å². The van der Waals surface area contributed by atoms with Crippen molar-refractivity contribution in [2.45, 2.75) is 50.3 Å². The summed E-state index contributed by atoms with van der Waals surface area (Å²) in [6.07, 6.45) is 6.23. The van der Waals surface area contributed by atoms with Crippen LogP contribution in [0, 0.1) is 0 Å². The molecule has 0 amide bonds. The lowest BCUT2D eigenvalue weighted by Crippen LogP contribution is -2.20. The van der Waals surface area contributed by atoms with E-state index < -0.39 is 10.0 Å². The lowest BCUT2D eigenvalue weighted by molar-refractivity contribution is 0.0526. The van der Waals surface area contributed by atoms with Gasteiger partial charge in [-0.25, -0.2) is 13.2 Å². The standard InChI is InChI=1S/C24H26ClN5O4S3/c1-2-34-23(31)21-17-7-5-3-4-6-8-18(17)36-22(21)27-24(35)26-15-9-11-16(12-10-15)37(32,33)30-20-14-13-19(25)28-29-20/h9-14H,2-8H2,1H3,(H,29,30)(H2,26,27,35). The Labute approximate surface area is 230 Å². The van der Waals surface area contributed by atoms with Crippen molar-refractivity contribution in [1.29, 1.82) is 0 Å². The molecule has 0 aliphatic heterocycles. The number of esters is 1. The number of aromatic nitrogens is 2. The summed E-state index contributed by atoms with van der Waals surface area (Å²) in [7, 11) is -3.87. The molecule has 0 fully saturated rings. The third-order valence-electron chi connectivity index (χ3n) is 5.67. The van der Waals surface area contributed by atoms with Gasteiger partial charge < -0.3 is 15.4 Å². The Morgan fingerprint density at radius 1 is 1.05 bits per heavy atom. The number of rotatable bonds is 7. The van der Waals surface area contributed by atoms with Crippen LogP contribution in [0.25, 0.3) is 0 Å².